The van der Waals surface area contributed by atoms with E-state index in [2.05, 4.69) is 22.4 Å². The average molecular weight is 293 g/mol. The van der Waals surface area contributed by atoms with E-state index in [1.54, 1.807) is 11.3 Å². The van der Waals surface area contributed by atoms with Gasteiger partial charge < -0.3 is 10.6 Å². The third kappa shape index (κ3) is 2.62. The van der Waals surface area contributed by atoms with Gasteiger partial charge in [-0.1, -0.05) is 12.5 Å². The molecule has 20 heavy (non-hydrogen) atoms. The molecule has 2 fully saturated rings. The molecule has 1 aromatic rings. The number of carbonyl (C=O) groups excluding carboxylic acids is 1. The van der Waals surface area contributed by atoms with Gasteiger partial charge in [-0.3, -0.25) is 9.69 Å². The molecule has 3 rings (SSSR count). The Morgan fingerprint density at radius 2 is 2.05 bits per heavy atom. The summed E-state index contributed by atoms with van der Waals surface area (Å²) in [6.07, 6.45) is 3.12. The van der Waals surface area contributed by atoms with Crippen molar-refractivity contribution in [2.75, 3.05) is 32.7 Å². The van der Waals surface area contributed by atoms with Crippen LogP contribution in [0.3, 0.4) is 0 Å². The van der Waals surface area contributed by atoms with E-state index >= 15 is 0 Å². The Labute approximate surface area is 124 Å². The zero-order chi connectivity index (χ0) is 14.0. The maximum atomic E-state index is 12.6. The first-order valence-electron chi connectivity index (χ1n) is 7.48. The summed E-state index contributed by atoms with van der Waals surface area (Å²) in [5.74, 6) is 0.307. The number of hydrogen-bond donors (Lipinski definition) is 1. The molecule has 1 amide bonds. The lowest BCUT2D eigenvalue weighted by Gasteiger charge is -2.45. The summed E-state index contributed by atoms with van der Waals surface area (Å²) in [7, 11) is 0. The molecule has 0 aromatic carbocycles. The molecule has 5 heteroatoms. The molecule has 2 heterocycles. The number of rotatable bonds is 4. The maximum Gasteiger partial charge on any atom is 0.230 e. The second-order valence-corrected chi connectivity index (χ2v) is 7.02. The van der Waals surface area contributed by atoms with Gasteiger partial charge in [0.2, 0.25) is 5.91 Å². The molecule has 0 bridgehead atoms. The van der Waals surface area contributed by atoms with Crippen LogP contribution in [0.1, 0.15) is 24.1 Å². The third-order valence-corrected chi connectivity index (χ3v) is 5.64. The zero-order valence-corrected chi connectivity index (χ0v) is 12.7. The summed E-state index contributed by atoms with van der Waals surface area (Å²) in [6.45, 7) is 5.19. The lowest BCUT2D eigenvalue weighted by molar-refractivity contribution is -0.148. The Bertz CT molecular complexity index is 442. The number of nitrogens with zero attached hydrogens (tertiary/aromatic N) is 2. The SMILES string of the molecule is NCC1(C(=O)N2CCN(Cc3cccs3)CC2)CCC1. The lowest BCUT2D eigenvalue weighted by Crippen LogP contribution is -2.56. The molecule has 0 radical (unpaired) electrons. The van der Waals surface area contributed by atoms with E-state index in [0.717, 1.165) is 52.0 Å². The summed E-state index contributed by atoms with van der Waals surface area (Å²) in [6, 6.07) is 4.28. The third-order valence-electron chi connectivity index (χ3n) is 4.77. The molecule has 2 N–H and O–H groups in total. The van der Waals surface area contributed by atoms with Gasteiger partial charge in [-0.15, -0.1) is 11.3 Å². The van der Waals surface area contributed by atoms with Crippen LogP contribution in [0.15, 0.2) is 17.5 Å². The van der Waals surface area contributed by atoms with Gasteiger partial charge in [0.05, 0.1) is 5.41 Å². The monoisotopic (exact) mass is 293 g/mol. The zero-order valence-electron chi connectivity index (χ0n) is 11.9. The van der Waals surface area contributed by atoms with Crippen molar-refractivity contribution in [3.8, 4) is 0 Å². The first-order chi connectivity index (χ1) is 9.73. The molecule has 0 atom stereocenters. The number of thiophene rings is 1. The normalized spacial score (nSPS) is 22.6. The highest BCUT2D eigenvalue weighted by Gasteiger charge is 2.45. The van der Waals surface area contributed by atoms with E-state index in [0.29, 0.717) is 12.5 Å². The van der Waals surface area contributed by atoms with Gasteiger partial charge in [0.15, 0.2) is 0 Å². The molecular weight excluding hydrogens is 270 g/mol. The van der Waals surface area contributed by atoms with Crippen LogP contribution in [0, 0.1) is 5.41 Å². The maximum absolute atomic E-state index is 12.6. The molecule has 1 saturated heterocycles. The van der Waals surface area contributed by atoms with Gasteiger partial charge in [0, 0.05) is 44.1 Å². The van der Waals surface area contributed by atoms with Crippen molar-refractivity contribution < 1.29 is 4.79 Å². The minimum atomic E-state index is -0.212. The quantitative estimate of drug-likeness (QED) is 0.916. The topological polar surface area (TPSA) is 49.6 Å². The van der Waals surface area contributed by atoms with Gasteiger partial charge in [-0.05, 0) is 24.3 Å². The van der Waals surface area contributed by atoms with E-state index in [1.807, 2.05) is 4.90 Å². The van der Waals surface area contributed by atoms with Crippen molar-refractivity contribution in [3.63, 3.8) is 0 Å². The van der Waals surface area contributed by atoms with Crippen LogP contribution in [-0.4, -0.2) is 48.4 Å². The highest BCUT2D eigenvalue weighted by atomic mass is 32.1. The van der Waals surface area contributed by atoms with Crippen molar-refractivity contribution in [1.82, 2.24) is 9.80 Å². The molecule has 1 saturated carbocycles. The van der Waals surface area contributed by atoms with Crippen molar-refractivity contribution in [1.29, 1.82) is 0 Å². The summed E-state index contributed by atoms with van der Waals surface area (Å²) >= 11 is 1.81. The molecular formula is C15H23N3OS. The van der Waals surface area contributed by atoms with Gasteiger partial charge in [-0.25, -0.2) is 0 Å². The number of amides is 1. The van der Waals surface area contributed by atoms with Gasteiger partial charge in [0.25, 0.3) is 0 Å². The second-order valence-electron chi connectivity index (χ2n) is 5.99. The Morgan fingerprint density at radius 1 is 1.30 bits per heavy atom. The molecule has 1 aromatic heterocycles. The van der Waals surface area contributed by atoms with E-state index in [4.69, 9.17) is 5.73 Å². The lowest BCUT2D eigenvalue weighted by atomic mass is 9.67. The van der Waals surface area contributed by atoms with Gasteiger partial charge >= 0.3 is 0 Å². The van der Waals surface area contributed by atoms with Crippen molar-refractivity contribution >= 4 is 17.2 Å². The van der Waals surface area contributed by atoms with Gasteiger partial charge in [0.1, 0.15) is 0 Å². The average Bonchev–Trinajstić information content (AvgIpc) is 2.92. The number of nitrogens with two attached hydrogens (primary N) is 1. The fourth-order valence-corrected chi connectivity index (χ4v) is 3.92. The van der Waals surface area contributed by atoms with Crippen molar-refractivity contribution in [3.05, 3.63) is 22.4 Å². The first-order valence-corrected chi connectivity index (χ1v) is 8.36. The number of piperazine rings is 1. The molecule has 0 spiro atoms. The molecule has 1 aliphatic carbocycles. The van der Waals surface area contributed by atoms with Crippen LogP contribution < -0.4 is 5.73 Å². The Kier molecular flexibility index (Phi) is 4.10. The number of carbonyl (C=O) groups is 1. The number of hydrogen-bond acceptors (Lipinski definition) is 4. The van der Waals surface area contributed by atoms with E-state index < -0.39 is 0 Å². The smallest absolute Gasteiger partial charge is 0.230 e. The molecule has 0 unspecified atom stereocenters. The van der Waals surface area contributed by atoms with Crippen molar-refractivity contribution in [2.45, 2.75) is 25.8 Å². The van der Waals surface area contributed by atoms with E-state index in [1.165, 1.54) is 4.88 Å². The summed E-state index contributed by atoms with van der Waals surface area (Å²) < 4.78 is 0. The van der Waals surface area contributed by atoms with Crippen LogP contribution >= 0.6 is 11.3 Å². The van der Waals surface area contributed by atoms with E-state index in [9.17, 15) is 4.79 Å². The highest BCUT2D eigenvalue weighted by Crippen LogP contribution is 2.41. The summed E-state index contributed by atoms with van der Waals surface area (Å²) in [5.41, 5.74) is 5.63. The van der Waals surface area contributed by atoms with Crippen LogP contribution in [-0.2, 0) is 11.3 Å². The standard InChI is InChI=1S/C15H23N3OS/c16-12-15(4-2-5-15)14(19)18-8-6-17(7-9-18)11-13-3-1-10-20-13/h1,3,10H,2,4-9,11-12,16H2. The Morgan fingerprint density at radius 3 is 2.55 bits per heavy atom. The molecule has 1 aliphatic heterocycles. The Balaban J connectivity index is 1.52. The molecule has 2 aliphatic rings. The van der Waals surface area contributed by atoms with E-state index in [-0.39, 0.29) is 5.41 Å². The minimum Gasteiger partial charge on any atom is -0.340 e. The van der Waals surface area contributed by atoms with Crippen LogP contribution in [0.5, 0.6) is 0 Å². The van der Waals surface area contributed by atoms with Crippen LogP contribution in [0.25, 0.3) is 0 Å². The van der Waals surface area contributed by atoms with Crippen LogP contribution in [0.4, 0.5) is 0 Å². The second kappa shape index (κ2) is 5.84. The fraction of sp³-hybridized carbons (Fsp3) is 0.667. The highest BCUT2D eigenvalue weighted by molar-refractivity contribution is 7.09. The molecule has 4 nitrogen and oxygen atoms in total. The minimum absolute atomic E-state index is 0.212. The Hall–Kier alpha value is -0.910. The predicted octanol–water partition coefficient (Wildman–Crippen LogP) is 1.52. The van der Waals surface area contributed by atoms with Gasteiger partial charge in [-0.2, -0.15) is 0 Å². The summed E-state index contributed by atoms with van der Waals surface area (Å²) in [5, 5.41) is 2.12. The first kappa shape index (κ1) is 14.0. The predicted molar refractivity (Wildman–Crippen MR) is 81.5 cm³/mol. The largest absolute Gasteiger partial charge is 0.340 e. The van der Waals surface area contributed by atoms with Crippen LogP contribution in [0.2, 0.25) is 0 Å². The summed E-state index contributed by atoms with van der Waals surface area (Å²) in [4.78, 5) is 18.5. The van der Waals surface area contributed by atoms with Crippen molar-refractivity contribution in [2.24, 2.45) is 11.1 Å². The fourth-order valence-electron chi connectivity index (χ4n) is 3.18. The molecule has 110 valence electrons.